The molecule has 0 atom stereocenters. The van der Waals surface area contributed by atoms with Crippen molar-refractivity contribution in [3.05, 3.63) is 60.7 Å². The van der Waals surface area contributed by atoms with Crippen LogP contribution in [0.15, 0.2) is 70.6 Å². The summed E-state index contributed by atoms with van der Waals surface area (Å²) in [5.41, 5.74) is 3.53. The molecule has 18 nitrogen and oxygen atoms in total. The molecular weight excluding hydrogens is 1040 g/mol. The van der Waals surface area contributed by atoms with Crippen LogP contribution in [0.1, 0.15) is 55.4 Å². The molecule has 4 heterocycles. The molecule has 70 heavy (non-hydrogen) atoms. The first-order valence-electron chi connectivity index (χ1n) is 23.2. The molecule has 4 saturated heterocycles. The van der Waals surface area contributed by atoms with Crippen LogP contribution in [0.2, 0.25) is 0 Å². The number of rotatable bonds is 22. The smallest absolute Gasteiger partial charge is 0.163 e. The van der Waals surface area contributed by atoms with Crippen molar-refractivity contribution in [2.75, 3.05) is 103 Å². The molecule has 2 aromatic carbocycles. The van der Waals surface area contributed by atoms with E-state index in [1.165, 1.54) is 0 Å². The van der Waals surface area contributed by atoms with Gasteiger partial charge in [-0.05, 0) is 79.7 Å². The van der Waals surface area contributed by atoms with Crippen LogP contribution in [-0.2, 0) is 75.9 Å². The summed E-state index contributed by atoms with van der Waals surface area (Å²) in [7, 11) is 0. The van der Waals surface area contributed by atoms with E-state index in [0.29, 0.717) is 58.6 Å². The lowest BCUT2D eigenvalue weighted by Gasteiger charge is -2.36. The van der Waals surface area contributed by atoms with Crippen LogP contribution in [0, 0.1) is 0 Å². The molecule has 0 aliphatic carbocycles. The molecule has 4 fully saturated rings. The van der Waals surface area contributed by atoms with Crippen LogP contribution in [-0.4, -0.2) is 188 Å². The molecule has 0 unspecified atom stereocenters. The number of halogens is 2. The number of ether oxygens (including phenoxy) is 14. The second-order valence-corrected chi connectivity index (χ2v) is 19.2. The first kappa shape index (κ1) is 61.8. The van der Waals surface area contributed by atoms with E-state index in [2.05, 4.69) is 36.9 Å². The van der Waals surface area contributed by atoms with Gasteiger partial charge in [-0.1, -0.05) is 68.3 Å². The van der Waals surface area contributed by atoms with Crippen LogP contribution in [0.3, 0.4) is 0 Å². The molecule has 0 radical (unpaired) electrons. The van der Waals surface area contributed by atoms with Gasteiger partial charge < -0.3 is 75.9 Å². The minimum Gasteiger partial charge on any atom is -0.371 e. The zero-order valence-electron chi connectivity index (χ0n) is 42.1. The first-order chi connectivity index (χ1) is 33.5. The highest BCUT2D eigenvalue weighted by atomic mass is 79.9. The summed E-state index contributed by atoms with van der Waals surface area (Å²) in [6, 6.07) is 19.6. The van der Waals surface area contributed by atoms with E-state index in [9.17, 15) is 0 Å². The fourth-order valence-corrected chi connectivity index (χ4v) is 7.53. The van der Waals surface area contributed by atoms with Crippen molar-refractivity contribution in [1.29, 1.82) is 0 Å². The van der Waals surface area contributed by atoms with Gasteiger partial charge in [-0.25, -0.2) is 0 Å². The van der Waals surface area contributed by atoms with Gasteiger partial charge >= 0.3 is 0 Å². The summed E-state index contributed by atoms with van der Waals surface area (Å²) in [6.07, 6.45) is -1.89. The number of hydrogen-bond acceptors (Lipinski definition) is 18. The molecule has 0 amide bonds. The van der Waals surface area contributed by atoms with Gasteiger partial charge in [0.1, 0.15) is 50.2 Å². The van der Waals surface area contributed by atoms with Crippen molar-refractivity contribution in [2.24, 2.45) is 9.98 Å². The number of nitrogens with zero attached hydrogens (tertiary/aromatic N) is 2. The van der Waals surface area contributed by atoms with Gasteiger partial charge in [0, 0.05) is 16.4 Å². The van der Waals surface area contributed by atoms with Gasteiger partial charge in [-0.3, -0.25) is 9.98 Å². The van der Waals surface area contributed by atoms with Crippen molar-refractivity contribution >= 4 is 68.2 Å². The Balaban J connectivity index is 0.000000695. The van der Waals surface area contributed by atoms with Crippen LogP contribution in [0.4, 0.5) is 11.4 Å². The number of para-hydroxylation sites is 2. The van der Waals surface area contributed by atoms with Gasteiger partial charge in [0.2, 0.25) is 0 Å². The van der Waals surface area contributed by atoms with Crippen molar-refractivity contribution in [2.45, 2.75) is 115 Å². The molecule has 396 valence electrons. The van der Waals surface area contributed by atoms with Crippen molar-refractivity contribution in [1.82, 2.24) is 0 Å². The normalized spacial score (nSPS) is 20.2. The van der Waals surface area contributed by atoms with Gasteiger partial charge in [0.05, 0.1) is 110 Å². The second kappa shape index (κ2) is 32.7. The first-order valence-corrected chi connectivity index (χ1v) is 25.5. The van der Waals surface area contributed by atoms with Crippen LogP contribution >= 0.6 is 31.9 Å². The highest BCUT2D eigenvalue weighted by Gasteiger charge is 2.33. The zero-order chi connectivity index (χ0) is 51.5. The molecule has 2 aromatic rings. The van der Waals surface area contributed by atoms with E-state index in [1.54, 1.807) is 0 Å². The van der Waals surface area contributed by atoms with Crippen LogP contribution < -0.4 is 0 Å². The van der Waals surface area contributed by atoms with E-state index >= 15 is 0 Å². The highest BCUT2D eigenvalue weighted by molar-refractivity contribution is 9.10. The van der Waals surface area contributed by atoms with E-state index in [1.807, 2.05) is 130 Å². The average Bonchev–Trinajstić information content (AvgIpc) is 3.36. The Morgan fingerprint density at radius 2 is 0.714 bits per heavy atom. The predicted octanol–water partition coefficient (Wildman–Crippen LogP) is 7.38. The Morgan fingerprint density at radius 3 is 0.957 bits per heavy atom. The van der Waals surface area contributed by atoms with Gasteiger partial charge in [-0.15, -0.1) is 0 Å². The Morgan fingerprint density at radius 1 is 0.471 bits per heavy atom. The minimum atomic E-state index is -0.645. The molecule has 0 bridgehead atoms. The maximum absolute atomic E-state index is 8.00. The summed E-state index contributed by atoms with van der Waals surface area (Å²) < 4.78 is 84.2. The minimum absolute atomic E-state index is 0.148. The highest BCUT2D eigenvalue weighted by Crippen LogP contribution is 2.23. The molecule has 0 spiro atoms. The molecular formula is C50H76Br2N2O16. The van der Waals surface area contributed by atoms with Crippen molar-refractivity contribution in [3.8, 4) is 0 Å². The summed E-state index contributed by atoms with van der Waals surface area (Å²) in [5.74, 6) is -2.58. The monoisotopic (exact) mass is 1120 g/mol. The largest absolute Gasteiger partial charge is 0.371 e. The zero-order valence-corrected chi connectivity index (χ0v) is 45.3. The summed E-state index contributed by atoms with van der Waals surface area (Å²) in [6.45, 7) is 23.6. The fraction of sp³-hybridized carbons (Fsp3) is 0.680. The predicted molar refractivity (Wildman–Crippen MR) is 271 cm³/mol. The van der Waals surface area contributed by atoms with Gasteiger partial charge in [-0.2, -0.15) is 0 Å². The number of benzene rings is 2. The average molecular weight is 1120 g/mol. The topological polar surface area (TPSA) is 188 Å². The number of alkyl halides is 2. The summed E-state index contributed by atoms with van der Waals surface area (Å²) in [5, 5.41) is 1.63. The Kier molecular flexibility index (Phi) is 28.8. The standard InChI is InChI=1S/C39H63NO14.C9H9Br2N.2CH2O/c1-36(2)47-20-32(21-48-36)43-16-30(17-44-33-22-49-37(3,4)50-23-33)41-14-29(40-28-12-10-9-11-13-28)15-42-31(18-45-34-24-51-38(5,6)52-25-34)19-46-35-26-53-39(7,8)54-27-35;10-6-9(7-11)12-8-4-2-1-3-5-8;2*1-2/h9-13,30-35H,14-27H2,1-8H3;1-5H,6-7H2;2*1H2. The van der Waals surface area contributed by atoms with E-state index in [4.69, 9.17) is 80.9 Å². The lowest BCUT2D eigenvalue weighted by atomic mass is 10.2. The van der Waals surface area contributed by atoms with Crippen LogP contribution in [0.25, 0.3) is 0 Å². The van der Waals surface area contributed by atoms with E-state index < -0.39 is 35.4 Å². The lowest BCUT2D eigenvalue weighted by molar-refractivity contribution is -0.287. The molecule has 0 aromatic heterocycles. The molecule has 6 rings (SSSR count). The SMILES string of the molecule is BrCC(CBr)=Nc1ccccc1.C=O.C=O.CC1(C)OCC(OCC(COC2COC(C)(C)OC2)OCC(COC(COC2COC(C)(C)OC2)COC2COC(C)(C)OC2)=Nc2ccccc2)CO1. The third-order valence-electron chi connectivity index (χ3n) is 10.4. The molecule has 20 heteroatoms. The Hall–Kier alpha value is -2.48. The maximum atomic E-state index is 8.00. The maximum Gasteiger partial charge on any atom is 0.163 e. The Bertz CT molecular complexity index is 1590. The van der Waals surface area contributed by atoms with Crippen molar-refractivity contribution < 1.29 is 75.9 Å². The number of carbonyl (C=O) groups is 2. The third-order valence-corrected chi connectivity index (χ3v) is 11.7. The third kappa shape index (κ3) is 25.5. The van der Waals surface area contributed by atoms with E-state index in [-0.39, 0.29) is 64.1 Å². The molecule has 4 aliphatic heterocycles. The lowest BCUT2D eigenvalue weighted by Crippen LogP contribution is -2.46. The van der Waals surface area contributed by atoms with Crippen molar-refractivity contribution in [3.63, 3.8) is 0 Å². The Labute approximate surface area is 431 Å². The molecule has 4 aliphatic rings. The van der Waals surface area contributed by atoms with E-state index in [0.717, 1.165) is 27.7 Å². The number of hydrogen-bond donors (Lipinski definition) is 0. The number of carbonyl (C=O) groups excluding carboxylic acids is 2. The number of aliphatic imine (C=N–C) groups is 2. The van der Waals surface area contributed by atoms with Gasteiger partial charge in [0.25, 0.3) is 0 Å². The molecule has 0 N–H and O–H groups in total. The fourth-order valence-electron chi connectivity index (χ4n) is 6.36. The summed E-state index contributed by atoms with van der Waals surface area (Å²) in [4.78, 5) is 25.3. The summed E-state index contributed by atoms with van der Waals surface area (Å²) >= 11 is 6.75. The van der Waals surface area contributed by atoms with Crippen LogP contribution in [0.5, 0.6) is 0 Å². The molecule has 0 saturated carbocycles. The quantitative estimate of drug-likeness (QED) is 0.0838. The van der Waals surface area contributed by atoms with Gasteiger partial charge in [0.15, 0.2) is 23.1 Å². The second-order valence-electron chi connectivity index (χ2n) is 18.1.